The van der Waals surface area contributed by atoms with Crippen LogP contribution in [0.3, 0.4) is 0 Å². The van der Waals surface area contributed by atoms with Crippen LogP contribution in [0.1, 0.15) is 30.8 Å². The summed E-state index contributed by atoms with van der Waals surface area (Å²) in [6.45, 7) is 1.73. The Labute approximate surface area is 119 Å². The van der Waals surface area contributed by atoms with E-state index >= 15 is 0 Å². The number of carbonyl (C=O) groups is 3. The summed E-state index contributed by atoms with van der Waals surface area (Å²) in [7, 11) is 0. The quantitative estimate of drug-likeness (QED) is 0.571. The summed E-state index contributed by atoms with van der Waals surface area (Å²) in [6.07, 6.45) is 1.45. The molecule has 0 bridgehead atoms. The largest absolute Gasteiger partial charge is 0.480 e. The molecule has 0 saturated carbocycles. The van der Waals surface area contributed by atoms with Gasteiger partial charge in [0.2, 0.25) is 5.91 Å². The average Bonchev–Trinajstić information content (AvgIpc) is 2.87. The Balaban J connectivity index is 2.49. The Bertz CT molecular complexity index is 477. The maximum atomic E-state index is 11.7. The van der Waals surface area contributed by atoms with Crippen LogP contribution in [-0.4, -0.2) is 34.0 Å². The van der Waals surface area contributed by atoms with Crippen LogP contribution < -0.4 is 16.4 Å². The number of thiazole rings is 1. The van der Waals surface area contributed by atoms with Crippen molar-refractivity contribution in [3.05, 3.63) is 16.6 Å². The Morgan fingerprint density at radius 3 is 2.65 bits per heavy atom. The second-order valence-corrected chi connectivity index (χ2v) is 5.03. The Morgan fingerprint density at radius 1 is 1.45 bits per heavy atom. The van der Waals surface area contributed by atoms with Crippen molar-refractivity contribution in [3.63, 3.8) is 0 Å². The number of carboxylic acid groups (broad SMARTS) is 1. The minimum Gasteiger partial charge on any atom is -0.480 e. The number of urea groups is 1. The van der Waals surface area contributed by atoms with E-state index in [0.29, 0.717) is 5.01 Å². The molecule has 0 aliphatic carbocycles. The van der Waals surface area contributed by atoms with Crippen LogP contribution in [0.2, 0.25) is 0 Å². The summed E-state index contributed by atoms with van der Waals surface area (Å²) in [6, 6.07) is -2.13. The predicted octanol–water partition coefficient (Wildman–Crippen LogP) is 0.222. The van der Waals surface area contributed by atoms with Crippen molar-refractivity contribution in [1.29, 1.82) is 0 Å². The standard InChI is InChI=1S/C11H16N4O4S/c1-6(9-13-4-5-20-9)14-11(19)15-7(10(17)18)2-3-8(12)16/h4-7H,2-3H2,1H3,(H2,12,16)(H,17,18)(H2,14,15,19). The van der Waals surface area contributed by atoms with Crippen LogP contribution in [0.15, 0.2) is 11.6 Å². The first kappa shape index (κ1) is 15.9. The van der Waals surface area contributed by atoms with E-state index in [9.17, 15) is 14.4 Å². The topological polar surface area (TPSA) is 134 Å². The molecule has 2 unspecified atom stereocenters. The molecule has 1 aromatic heterocycles. The zero-order valence-corrected chi connectivity index (χ0v) is 11.6. The SMILES string of the molecule is CC(NC(=O)NC(CCC(N)=O)C(=O)O)c1nccs1. The summed E-state index contributed by atoms with van der Waals surface area (Å²) >= 11 is 1.38. The molecule has 20 heavy (non-hydrogen) atoms. The smallest absolute Gasteiger partial charge is 0.326 e. The molecule has 1 rings (SSSR count). The molecule has 1 aromatic rings. The van der Waals surface area contributed by atoms with Crippen LogP contribution in [0.4, 0.5) is 4.79 Å². The van der Waals surface area contributed by atoms with E-state index in [2.05, 4.69) is 15.6 Å². The molecular weight excluding hydrogens is 284 g/mol. The highest BCUT2D eigenvalue weighted by Gasteiger charge is 2.21. The number of nitrogens with zero attached hydrogens (tertiary/aromatic N) is 1. The summed E-state index contributed by atoms with van der Waals surface area (Å²) < 4.78 is 0. The average molecular weight is 300 g/mol. The fourth-order valence-electron chi connectivity index (χ4n) is 1.45. The van der Waals surface area contributed by atoms with Gasteiger partial charge in [-0.1, -0.05) is 0 Å². The third-order valence-corrected chi connectivity index (χ3v) is 3.41. The third-order valence-electron chi connectivity index (χ3n) is 2.45. The van der Waals surface area contributed by atoms with E-state index in [-0.39, 0.29) is 18.9 Å². The van der Waals surface area contributed by atoms with Gasteiger partial charge >= 0.3 is 12.0 Å². The van der Waals surface area contributed by atoms with Crippen molar-refractivity contribution < 1.29 is 19.5 Å². The van der Waals surface area contributed by atoms with E-state index in [1.54, 1.807) is 18.5 Å². The molecule has 5 N–H and O–H groups in total. The van der Waals surface area contributed by atoms with Gasteiger partial charge in [0.1, 0.15) is 11.0 Å². The summed E-state index contributed by atoms with van der Waals surface area (Å²) in [5.41, 5.74) is 4.95. The second-order valence-electron chi connectivity index (χ2n) is 4.11. The number of hydrogen-bond acceptors (Lipinski definition) is 5. The molecule has 3 amide bonds. The number of rotatable bonds is 7. The molecule has 0 spiro atoms. The first-order valence-electron chi connectivity index (χ1n) is 5.87. The summed E-state index contributed by atoms with van der Waals surface area (Å²) in [5, 5.41) is 16.3. The molecule has 8 nitrogen and oxygen atoms in total. The molecule has 0 aromatic carbocycles. The number of hydrogen-bond donors (Lipinski definition) is 4. The fraction of sp³-hybridized carbons (Fsp3) is 0.455. The molecule has 0 aliphatic heterocycles. The minimum absolute atomic E-state index is 0.0519. The van der Waals surface area contributed by atoms with Crippen molar-refractivity contribution in [2.75, 3.05) is 0 Å². The first-order valence-corrected chi connectivity index (χ1v) is 6.75. The number of amides is 3. The van der Waals surface area contributed by atoms with Gasteiger partial charge in [-0.3, -0.25) is 4.79 Å². The molecule has 0 radical (unpaired) electrons. The fourth-order valence-corrected chi connectivity index (χ4v) is 2.10. The number of primary amides is 1. The van der Waals surface area contributed by atoms with Gasteiger partial charge < -0.3 is 21.5 Å². The van der Waals surface area contributed by atoms with Gasteiger partial charge in [0.25, 0.3) is 0 Å². The Morgan fingerprint density at radius 2 is 2.15 bits per heavy atom. The number of aromatic nitrogens is 1. The van der Waals surface area contributed by atoms with Gasteiger partial charge in [-0.2, -0.15) is 0 Å². The summed E-state index contributed by atoms with van der Waals surface area (Å²) in [5.74, 6) is -1.84. The van der Waals surface area contributed by atoms with Crippen molar-refractivity contribution in [2.45, 2.75) is 31.8 Å². The van der Waals surface area contributed by atoms with Crippen LogP contribution in [0.5, 0.6) is 0 Å². The molecule has 0 aliphatic rings. The van der Waals surface area contributed by atoms with E-state index in [1.165, 1.54) is 11.3 Å². The predicted molar refractivity (Wildman–Crippen MR) is 72.0 cm³/mol. The molecule has 1 heterocycles. The zero-order valence-electron chi connectivity index (χ0n) is 10.8. The number of aliphatic carboxylic acids is 1. The lowest BCUT2D eigenvalue weighted by molar-refractivity contribution is -0.139. The second kappa shape index (κ2) is 7.43. The molecular formula is C11H16N4O4S. The lowest BCUT2D eigenvalue weighted by Crippen LogP contribution is -2.46. The van der Waals surface area contributed by atoms with Gasteiger partial charge in [0.05, 0.1) is 6.04 Å². The maximum Gasteiger partial charge on any atom is 0.326 e. The Kier molecular flexibility index (Phi) is 5.91. The third kappa shape index (κ3) is 5.22. The summed E-state index contributed by atoms with van der Waals surface area (Å²) in [4.78, 5) is 37.3. The number of carbonyl (C=O) groups excluding carboxylic acids is 2. The molecule has 2 atom stereocenters. The van der Waals surface area contributed by atoms with Crippen LogP contribution in [0.25, 0.3) is 0 Å². The van der Waals surface area contributed by atoms with Crippen molar-refractivity contribution in [3.8, 4) is 0 Å². The lowest BCUT2D eigenvalue weighted by atomic mass is 10.1. The number of carboxylic acids is 1. The van der Waals surface area contributed by atoms with E-state index < -0.39 is 23.9 Å². The highest BCUT2D eigenvalue weighted by atomic mass is 32.1. The molecule has 9 heteroatoms. The molecule has 110 valence electrons. The van der Waals surface area contributed by atoms with Crippen LogP contribution >= 0.6 is 11.3 Å². The molecule has 0 saturated heterocycles. The van der Waals surface area contributed by atoms with E-state index in [0.717, 1.165) is 0 Å². The molecule has 0 fully saturated rings. The zero-order chi connectivity index (χ0) is 15.1. The normalized spacial score (nSPS) is 13.2. The van der Waals surface area contributed by atoms with Crippen molar-refractivity contribution >= 4 is 29.2 Å². The monoisotopic (exact) mass is 300 g/mol. The van der Waals surface area contributed by atoms with Gasteiger partial charge in [-0.25, -0.2) is 14.6 Å². The van der Waals surface area contributed by atoms with Crippen molar-refractivity contribution in [2.24, 2.45) is 5.73 Å². The minimum atomic E-state index is -1.22. The van der Waals surface area contributed by atoms with Gasteiger partial charge in [-0.15, -0.1) is 11.3 Å². The lowest BCUT2D eigenvalue weighted by Gasteiger charge is -2.16. The van der Waals surface area contributed by atoms with Crippen LogP contribution in [-0.2, 0) is 9.59 Å². The van der Waals surface area contributed by atoms with E-state index in [4.69, 9.17) is 10.8 Å². The number of nitrogens with one attached hydrogen (secondary N) is 2. The first-order chi connectivity index (χ1) is 9.40. The number of nitrogens with two attached hydrogens (primary N) is 1. The van der Waals surface area contributed by atoms with Gasteiger partial charge in [0.15, 0.2) is 0 Å². The Hall–Kier alpha value is -2.16. The highest BCUT2D eigenvalue weighted by molar-refractivity contribution is 7.09. The van der Waals surface area contributed by atoms with E-state index in [1.807, 2.05) is 0 Å². The van der Waals surface area contributed by atoms with Gasteiger partial charge in [-0.05, 0) is 13.3 Å². The van der Waals surface area contributed by atoms with Crippen LogP contribution in [0, 0.1) is 0 Å². The van der Waals surface area contributed by atoms with Crippen molar-refractivity contribution in [1.82, 2.24) is 15.6 Å². The highest BCUT2D eigenvalue weighted by Crippen LogP contribution is 2.14. The maximum absolute atomic E-state index is 11.7. The van der Waals surface area contributed by atoms with Gasteiger partial charge in [0, 0.05) is 18.0 Å².